The van der Waals surface area contributed by atoms with Gasteiger partial charge in [-0.1, -0.05) is 54.1 Å². The summed E-state index contributed by atoms with van der Waals surface area (Å²) in [6, 6.07) is 23.8. The summed E-state index contributed by atoms with van der Waals surface area (Å²) in [5.41, 5.74) is 2.41. The molecule has 0 unspecified atom stereocenters. The van der Waals surface area contributed by atoms with Gasteiger partial charge in [-0.2, -0.15) is 0 Å². The number of amides is 2. The molecule has 148 valence electrons. The first kappa shape index (κ1) is 20.4. The Labute approximate surface area is 174 Å². The molecule has 29 heavy (non-hydrogen) atoms. The molecule has 0 aliphatic carbocycles. The number of hydrogen-bond acceptors (Lipinski definition) is 3. The van der Waals surface area contributed by atoms with Gasteiger partial charge in [0.2, 0.25) is 5.91 Å². The summed E-state index contributed by atoms with van der Waals surface area (Å²) in [7, 11) is 0. The Morgan fingerprint density at radius 1 is 0.759 bits per heavy atom. The second-order valence-electron chi connectivity index (χ2n) is 6.38. The van der Waals surface area contributed by atoms with Crippen LogP contribution < -0.4 is 15.4 Å². The largest absolute Gasteiger partial charge is 0.482 e. The van der Waals surface area contributed by atoms with Gasteiger partial charge in [0, 0.05) is 17.8 Å². The third-order valence-electron chi connectivity index (χ3n) is 4.13. The van der Waals surface area contributed by atoms with Gasteiger partial charge in [-0.15, -0.1) is 0 Å². The summed E-state index contributed by atoms with van der Waals surface area (Å²) in [5, 5.41) is 6.05. The minimum Gasteiger partial charge on any atom is -0.482 e. The maximum absolute atomic E-state index is 12.1. The van der Waals surface area contributed by atoms with Crippen molar-refractivity contribution in [2.45, 2.75) is 12.8 Å². The molecule has 3 rings (SSSR count). The lowest BCUT2D eigenvalue weighted by molar-refractivity contribution is -0.118. The van der Waals surface area contributed by atoms with E-state index in [4.69, 9.17) is 16.3 Å². The molecule has 0 saturated heterocycles. The van der Waals surface area contributed by atoms with E-state index in [1.807, 2.05) is 30.3 Å². The molecular weight excluding hydrogens is 388 g/mol. The number of benzene rings is 3. The van der Waals surface area contributed by atoms with E-state index >= 15 is 0 Å². The summed E-state index contributed by atoms with van der Waals surface area (Å²) < 4.78 is 5.41. The van der Waals surface area contributed by atoms with Crippen molar-refractivity contribution < 1.29 is 14.3 Å². The van der Waals surface area contributed by atoms with Crippen LogP contribution in [-0.2, 0) is 16.0 Å². The van der Waals surface area contributed by atoms with E-state index in [2.05, 4.69) is 10.6 Å². The average Bonchev–Trinajstić information content (AvgIpc) is 2.74. The number of halogens is 1. The molecule has 0 radical (unpaired) electrons. The van der Waals surface area contributed by atoms with Gasteiger partial charge in [0.05, 0.1) is 5.02 Å². The van der Waals surface area contributed by atoms with Gasteiger partial charge >= 0.3 is 0 Å². The highest BCUT2D eigenvalue weighted by Gasteiger charge is 2.07. The molecule has 0 heterocycles. The lowest BCUT2D eigenvalue weighted by Gasteiger charge is -2.10. The molecule has 0 aromatic heterocycles. The molecule has 2 amide bonds. The standard InChI is InChI=1S/C23H21ClN2O3/c24-20-8-4-5-9-21(20)29-16-23(28)26-19-13-11-18(12-14-19)25-22(27)15-10-17-6-2-1-3-7-17/h1-9,11-14H,10,15-16H2,(H,25,27)(H,26,28). The number of nitrogens with one attached hydrogen (secondary N) is 2. The van der Waals surface area contributed by atoms with E-state index in [0.29, 0.717) is 35.0 Å². The molecule has 5 nitrogen and oxygen atoms in total. The van der Waals surface area contributed by atoms with Crippen molar-refractivity contribution in [3.63, 3.8) is 0 Å². The van der Waals surface area contributed by atoms with Crippen LogP contribution in [-0.4, -0.2) is 18.4 Å². The minimum absolute atomic E-state index is 0.0567. The number of aryl methyl sites for hydroxylation is 1. The number of para-hydroxylation sites is 1. The SMILES string of the molecule is O=C(CCc1ccccc1)Nc1ccc(NC(=O)COc2ccccc2Cl)cc1. The second kappa shape index (κ2) is 10.3. The average molecular weight is 409 g/mol. The molecule has 0 atom stereocenters. The maximum Gasteiger partial charge on any atom is 0.262 e. The van der Waals surface area contributed by atoms with Crippen LogP contribution in [0.15, 0.2) is 78.9 Å². The molecule has 3 aromatic rings. The summed E-state index contributed by atoms with van der Waals surface area (Å²) in [4.78, 5) is 24.1. The van der Waals surface area contributed by atoms with Crippen molar-refractivity contribution in [1.82, 2.24) is 0 Å². The number of ether oxygens (including phenoxy) is 1. The highest BCUT2D eigenvalue weighted by Crippen LogP contribution is 2.23. The lowest BCUT2D eigenvalue weighted by Crippen LogP contribution is -2.20. The zero-order chi connectivity index (χ0) is 20.5. The van der Waals surface area contributed by atoms with Crippen LogP contribution in [0.3, 0.4) is 0 Å². The summed E-state index contributed by atoms with van der Waals surface area (Å²) >= 11 is 5.99. The summed E-state index contributed by atoms with van der Waals surface area (Å²) in [6.07, 6.45) is 1.09. The van der Waals surface area contributed by atoms with Crippen molar-refractivity contribution in [1.29, 1.82) is 0 Å². The molecule has 6 heteroatoms. The number of carbonyl (C=O) groups is 2. The zero-order valence-electron chi connectivity index (χ0n) is 15.7. The molecule has 0 spiro atoms. The Hall–Kier alpha value is -3.31. The van der Waals surface area contributed by atoms with Crippen molar-refractivity contribution >= 4 is 34.8 Å². The molecule has 3 aromatic carbocycles. The fourth-order valence-electron chi connectivity index (χ4n) is 2.67. The molecule has 2 N–H and O–H groups in total. The first-order chi connectivity index (χ1) is 14.1. The smallest absolute Gasteiger partial charge is 0.262 e. The van der Waals surface area contributed by atoms with E-state index in [1.54, 1.807) is 48.5 Å². The predicted octanol–water partition coefficient (Wildman–Crippen LogP) is 4.93. The number of carbonyl (C=O) groups excluding carboxylic acids is 2. The minimum atomic E-state index is -0.301. The Morgan fingerprint density at radius 3 is 2.00 bits per heavy atom. The third kappa shape index (κ3) is 6.66. The van der Waals surface area contributed by atoms with Crippen LogP contribution in [0.2, 0.25) is 5.02 Å². The van der Waals surface area contributed by atoms with E-state index < -0.39 is 0 Å². The van der Waals surface area contributed by atoms with Crippen LogP contribution in [0.1, 0.15) is 12.0 Å². The molecule has 0 aliphatic heterocycles. The highest BCUT2D eigenvalue weighted by atomic mass is 35.5. The molecule has 0 aliphatic rings. The molecule has 0 saturated carbocycles. The van der Waals surface area contributed by atoms with Crippen LogP contribution in [0.5, 0.6) is 5.75 Å². The van der Waals surface area contributed by atoms with Crippen molar-refractivity contribution in [2.24, 2.45) is 0 Å². The monoisotopic (exact) mass is 408 g/mol. The van der Waals surface area contributed by atoms with Crippen molar-refractivity contribution in [2.75, 3.05) is 17.2 Å². The fraction of sp³-hybridized carbons (Fsp3) is 0.130. The maximum atomic E-state index is 12.1. The van der Waals surface area contributed by atoms with Crippen LogP contribution in [0.4, 0.5) is 11.4 Å². The van der Waals surface area contributed by atoms with Crippen molar-refractivity contribution in [3.05, 3.63) is 89.4 Å². The van der Waals surface area contributed by atoms with Crippen LogP contribution in [0.25, 0.3) is 0 Å². The molecule has 0 fully saturated rings. The van der Waals surface area contributed by atoms with Gasteiger partial charge in [0.25, 0.3) is 5.91 Å². The Kier molecular flexibility index (Phi) is 7.25. The van der Waals surface area contributed by atoms with E-state index in [-0.39, 0.29) is 18.4 Å². The topological polar surface area (TPSA) is 67.4 Å². The Balaban J connectivity index is 1.44. The zero-order valence-corrected chi connectivity index (χ0v) is 16.5. The number of hydrogen-bond donors (Lipinski definition) is 2. The second-order valence-corrected chi connectivity index (χ2v) is 6.79. The first-order valence-electron chi connectivity index (χ1n) is 9.21. The molecule has 0 bridgehead atoms. The Morgan fingerprint density at radius 2 is 1.34 bits per heavy atom. The third-order valence-corrected chi connectivity index (χ3v) is 4.44. The van der Waals surface area contributed by atoms with Gasteiger partial charge in [-0.3, -0.25) is 9.59 Å². The van der Waals surface area contributed by atoms with E-state index in [1.165, 1.54) is 0 Å². The van der Waals surface area contributed by atoms with E-state index in [9.17, 15) is 9.59 Å². The van der Waals surface area contributed by atoms with Gasteiger partial charge in [-0.05, 0) is 48.4 Å². The van der Waals surface area contributed by atoms with Gasteiger partial charge in [0.15, 0.2) is 6.61 Å². The van der Waals surface area contributed by atoms with Gasteiger partial charge in [0.1, 0.15) is 5.75 Å². The number of anilines is 2. The fourth-order valence-corrected chi connectivity index (χ4v) is 2.86. The quantitative estimate of drug-likeness (QED) is 0.555. The Bertz CT molecular complexity index is 959. The number of rotatable bonds is 8. The summed E-state index contributed by atoms with van der Waals surface area (Å²) in [6.45, 7) is -0.151. The van der Waals surface area contributed by atoms with Crippen LogP contribution >= 0.6 is 11.6 Å². The van der Waals surface area contributed by atoms with Gasteiger partial charge < -0.3 is 15.4 Å². The van der Waals surface area contributed by atoms with Crippen LogP contribution in [0, 0.1) is 0 Å². The highest BCUT2D eigenvalue weighted by molar-refractivity contribution is 6.32. The lowest BCUT2D eigenvalue weighted by atomic mass is 10.1. The summed E-state index contributed by atoms with van der Waals surface area (Å²) in [5.74, 6) is 0.0984. The first-order valence-corrected chi connectivity index (χ1v) is 9.59. The molecular formula is C23H21ClN2O3. The predicted molar refractivity (Wildman–Crippen MR) is 115 cm³/mol. The van der Waals surface area contributed by atoms with E-state index in [0.717, 1.165) is 5.56 Å². The van der Waals surface area contributed by atoms with Gasteiger partial charge in [-0.25, -0.2) is 0 Å². The normalized spacial score (nSPS) is 10.2. The van der Waals surface area contributed by atoms with Crippen molar-refractivity contribution in [3.8, 4) is 5.75 Å².